The fraction of sp³-hybridized carbons (Fsp3) is 0.541. The average molecular weight is 809 g/mol. The van der Waals surface area contributed by atoms with Crippen molar-refractivity contribution in [2.45, 2.75) is 83.7 Å². The van der Waals surface area contributed by atoms with E-state index in [1.54, 1.807) is 0 Å². The third-order valence-corrected chi connectivity index (χ3v) is 10.6. The molecule has 2 aromatic carbocycles. The Hall–Kier alpha value is -4.22. The van der Waals surface area contributed by atoms with Gasteiger partial charge in [-0.3, -0.25) is 4.79 Å². The molecule has 1 aliphatic carbocycles. The Balaban J connectivity index is 1.80. The summed E-state index contributed by atoms with van der Waals surface area (Å²) in [4.78, 5) is 22.9. The van der Waals surface area contributed by atoms with E-state index in [1.807, 2.05) is 11.8 Å². The van der Waals surface area contributed by atoms with Crippen molar-refractivity contribution >= 4 is 27.4 Å². The van der Waals surface area contributed by atoms with Gasteiger partial charge in [-0.2, -0.15) is 26.3 Å². The van der Waals surface area contributed by atoms with E-state index in [9.17, 15) is 53.4 Å². The quantitative estimate of drug-likeness (QED) is 0.142. The van der Waals surface area contributed by atoms with Gasteiger partial charge in [0.2, 0.25) is 5.95 Å². The lowest BCUT2D eigenvalue weighted by molar-refractivity contribution is -0.139. The number of sulfone groups is 1. The van der Waals surface area contributed by atoms with Gasteiger partial charge in [-0.05, 0) is 98.9 Å². The van der Waals surface area contributed by atoms with Gasteiger partial charge >= 0.3 is 18.3 Å². The molecule has 55 heavy (non-hydrogen) atoms. The average Bonchev–Trinajstić information content (AvgIpc) is 3.08. The van der Waals surface area contributed by atoms with Crippen LogP contribution >= 0.6 is 0 Å². The maximum absolute atomic E-state index is 14.6. The van der Waals surface area contributed by atoms with Crippen LogP contribution in [0.25, 0.3) is 0 Å². The van der Waals surface area contributed by atoms with Crippen LogP contribution in [0.5, 0.6) is 5.75 Å². The Morgan fingerprint density at radius 2 is 1.49 bits per heavy atom. The molecule has 0 bridgehead atoms. The lowest BCUT2D eigenvalue weighted by atomic mass is 9.80. The van der Waals surface area contributed by atoms with Crippen molar-refractivity contribution in [3.63, 3.8) is 0 Å². The van der Waals surface area contributed by atoms with Gasteiger partial charge in [0.15, 0.2) is 15.6 Å². The highest BCUT2D eigenvalue weighted by molar-refractivity contribution is 7.90. The number of halogens is 8. The van der Waals surface area contributed by atoms with Crippen LogP contribution in [0.1, 0.15) is 86.7 Å². The van der Waals surface area contributed by atoms with Crippen molar-refractivity contribution in [1.29, 1.82) is 0 Å². The molecule has 3 aromatic rings. The number of rotatable bonds is 16. The SMILES string of the molecule is CCN(C[C@H]1CC[C@H](CC(=O)O)CC1)c1ccc(C(F)(F)F)cc1CN(c1ncc(OCCS(C)(=O)=O)cn1)[C@@H](C)c1cc(C(C)(F)F)cc(C(F)(F)F)c1. The highest BCUT2D eigenvalue weighted by atomic mass is 32.2. The van der Waals surface area contributed by atoms with Gasteiger partial charge in [0, 0.05) is 50.5 Å². The number of nitrogens with zero attached hydrogens (tertiary/aromatic N) is 4. The second kappa shape index (κ2) is 17.3. The number of benzene rings is 2. The lowest BCUT2D eigenvalue weighted by Crippen LogP contribution is -2.34. The van der Waals surface area contributed by atoms with Crippen molar-refractivity contribution in [3.05, 3.63) is 76.6 Å². The minimum Gasteiger partial charge on any atom is -0.489 e. The molecule has 0 spiro atoms. The molecule has 304 valence electrons. The third-order valence-electron chi connectivity index (χ3n) is 9.71. The number of ether oxygens (including phenoxy) is 1. The number of aliphatic carboxylic acids is 1. The van der Waals surface area contributed by atoms with Gasteiger partial charge in [-0.1, -0.05) is 0 Å². The van der Waals surface area contributed by atoms with Crippen LogP contribution in [0.3, 0.4) is 0 Å². The molecule has 1 N–H and O–H groups in total. The zero-order chi connectivity index (χ0) is 40.9. The smallest absolute Gasteiger partial charge is 0.416 e. The van der Waals surface area contributed by atoms with E-state index in [2.05, 4.69) is 9.97 Å². The Bertz CT molecular complexity index is 1850. The minimum absolute atomic E-state index is 0.0287. The van der Waals surface area contributed by atoms with Gasteiger partial charge < -0.3 is 19.6 Å². The summed E-state index contributed by atoms with van der Waals surface area (Å²) in [6.07, 6.45) is -3.61. The third kappa shape index (κ3) is 12.4. The summed E-state index contributed by atoms with van der Waals surface area (Å²) in [5.41, 5.74) is -3.00. The van der Waals surface area contributed by atoms with Crippen molar-refractivity contribution in [2.75, 3.05) is 41.5 Å². The number of alkyl halides is 8. The highest BCUT2D eigenvalue weighted by Crippen LogP contribution is 2.40. The van der Waals surface area contributed by atoms with E-state index in [1.165, 1.54) is 17.9 Å². The molecule has 1 atom stereocenters. The topological polar surface area (TPSA) is 113 Å². The molecule has 0 radical (unpaired) electrons. The van der Waals surface area contributed by atoms with Crippen molar-refractivity contribution < 1.29 is 58.2 Å². The summed E-state index contributed by atoms with van der Waals surface area (Å²) in [6.45, 7) is 3.80. The Morgan fingerprint density at radius 3 is 2.02 bits per heavy atom. The molecule has 0 unspecified atom stereocenters. The zero-order valence-corrected chi connectivity index (χ0v) is 31.5. The molecule has 0 saturated heterocycles. The standard InChI is InChI=1S/C37H44F8N4O5S/c1-5-48(21-25-8-6-24(7-9-25)14-33(50)51)32-11-10-28(36(40,41)42)17-27(32)22-49(34-46-19-31(20-47-34)54-12-13-55(4,52)53)23(2)26-15-29(35(3,38)39)18-30(16-26)37(43,44)45/h10-11,15-20,23-25H,5-9,12-14,21-22H2,1-4H3,(H,50,51)/t23-,24-,25-/m0/s1. The lowest BCUT2D eigenvalue weighted by Gasteiger charge is -2.36. The monoisotopic (exact) mass is 808 g/mol. The number of carbonyl (C=O) groups is 1. The van der Waals surface area contributed by atoms with Gasteiger partial charge in [0.05, 0.1) is 35.3 Å². The molecule has 0 aliphatic heterocycles. The number of hydrogen-bond donors (Lipinski definition) is 1. The molecule has 1 fully saturated rings. The van der Waals surface area contributed by atoms with Gasteiger partial charge in [0.1, 0.15) is 6.61 Å². The van der Waals surface area contributed by atoms with Crippen LogP contribution in [0.2, 0.25) is 0 Å². The molecular weight excluding hydrogens is 764 g/mol. The van der Waals surface area contributed by atoms with Crippen LogP contribution in [0.15, 0.2) is 48.8 Å². The molecule has 4 rings (SSSR count). The highest BCUT2D eigenvalue weighted by Gasteiger charge is 2.37. The summed E-state index contributed by atoms with van der Waals surface area (Å²) in [5.74, 6) is -4.91. The van der Waals surface area contributed by atoms with E-state index < -0.39 is 63.4 Å². The summed E-state index contributed by atoms with van der Waals surface area (Å²) in [7, 11) is -3.38. The fourth-order valence-corrected chi connectivity index (χ4v) is 7.06. The normalized spacial score (nSPS) is 17.5. The van der Waals surface area contributed by atoms with E-state index in [0.717, 1.165) is 36.8 Å². The van der Waals surface area contributed by atoms with Crippen LogP contribution in [-0.4, -0.2) is 61.2 Å². The summed E-state index contributed by atoms with van der Waals surface area (Å²) < 4.78 is 142. The summed E-state index contributed by atoms with van der Waals surface area (Å²) >= 11 is 0. The molecule has 1 heterocycles. The largest absolute Gasteiger partial charge is 0.489 e. The van der Waals surface area contributed by atoms with Crippen molar-refractivity contribution in [1.82, 2.24) is 9.97 Å². The second-order valence-electron chi connectivity index (χ2n) is 14.1. The van der Waals surface area contributed by atoms with E-state index in [-0.39, 0.29) is 53.4 Å². The van der Waals surface area contributed by atoms with Crippen LogP contribution in [0, 0.1) is 11.8 Å². The Labute approximate surface area is 314 Å². The number of aromatic nitrogens is 2. The maximum atomic E-state index is 14.6. The molecule has 1 saturated carbocycles. The predicted molar refractivity (Wildman–Crippen MR) is 190 cm³/mol. The fourth-order valence-electron chi connectivity index (χ4n) is 6.67. The molecule has 9 nitrogen and oxygen atoms in total. The van der Waals surface area contributed by atoms with Gasteiger partial charge in [0.25, 0.3) is 5.92 Å². The predicted octanol–water partition coefficient (Wildman–Crippen LogP) is 8.92. The first kappa shape index (κ1) is 43.5. The number of carboxylic acids is 1. The number of carboxylic acid groups (broad SMARTS) is 1. The molecule has 0 amide bonds. The molecule has 1 aromatic heterocycles. The summed E-state index contributed by atoms with van der Waals surface area (Å²) in [5, 5.41) is 9.20. The first-order chi connectivity index (χ1) is 25.4. The van der Waals surface area contributed by atoms with Crippen LogP contribution < -0.4 is 14.5 Å². The van der Waals surface area contributed by atoms with Gasteiger partial charge in [-0.15, -0.1) is 0 Å². The van der Waals surface area contributed by atoms with Crippen molar-refractivity contribution in [3.8, 4) is 5.75 Å². The minimum atomic E-state index is -5.01. The van der Waals surface area contributed by atoms with Crippen LogP contribution in [0.4, 0.5) is 46.8 Å². The summed E-state index contributed by atoms with van der Waals surface area (Å²) in [6, 6.07) is 3.91. The van der Waals surface area contributed by atoms with Crippen molar-refractivity contribution in [2.24, 2.45) is 11.8 Å². The van der Waals surface area contributed by atoms with E-state index >= 15 is 0 Å². The first-order valence-corrected chi connectivity index (χ1v) is 19.7. The number of hydrogen-bond acceptors (Lipinski definition) is 8. The molecular formula is C37H44F8N4O5S. The molecule has 18 heteroatoms. The van der Waals surface area contributed by atoms with E-state index in [0.29, 0.717) is 63.5 Å². The zero-order valence-electron chi connectivity index (χ0n) is 30.7. The first-order valence-electron chi connectivity index (χ1n) is 17.6. The van der Waals surface area contributed by atoms with Crippen LogP contribution in [-0.2, 0) is 39.5 Å². The second-order valence-corrected chi connectivity index (χ2v) is 16.4. The number of anilines is 2. The Kier molecular flexibility index (Phi) is 13.7. The Morgan fingerprint density at radius 1 is 0.909 bits per heavy atom. The maximum Gasteiger partial charge on any atom is 0.416 e. The molecule has 1 aliphatic rings. The van der Waals surface area contributed by atoms with E-state index in [4.69, 9.17) is 4.74 Å². The van der Waals surface area contributed by atoms with Gasteiger partial charge in [-0.25, -0.2) is 27.2 Å².